The molecule has 2 aromatic rings. The molecule has 1 amide bonds. The molecule has 3 rings (SSSR count). The molecule has 0 aliphatic carbocycles. The topological polar surface area (TPSA) is 66.5 Å². The second kappa shape index (κ2) is 9.01. The van der Waals surface area contributed by atoms with E-state index in [1.807, 2.05) is 24.3 Å². The van der Waals surface area contributed by atoms with Gasteiger partial charge in [0.1, 0.15) is 0 Å². The van der Waals surface area contributed by atoms with E-state index in [9.17, 15) is 13.2 Å². The average Bonchev–Trinajstić information content (AvgIpc) is 3.09. The number of thioether (sulfide) groups is 1. The normalized spacial score (nSPS) is 13.4. The second-order valence-electron chi connectivity index (χ2n) is 6.96. The molecule has 0 aromatic heterocycles. The molecule has 0 saturated carbocycles. The second-order valence-corrected chi connectivity index (χ2v) is 10.1. The van der Waals surface area contributed by atoms with E-state index in [1.54, 1.807) is 11.8 Å². The monoisotopic (exact) mass is 418 g/mol. The molecule has 150 valence electrons. The van der Waals surface area contributed by atoms with E-state index >= 15 is 0 Å². The first-order chi connectivity index (χ1) is 13.4. The summed E-state index contributed by atoms with van der Waals surface area (Å²) in [7, 11) is -3.43. The highest BCUT2D eigenvalue weighted by Gasteiger charge is 2.28. The number of para-hydroxylation sites is 1. The number of carbonyl (C=O) groups excluding carboxylic acids is 1. The summed E-state index contributed by atoms with van der Waals surface area (Å²) in [6, 6.07) is 13.8. The third-order valence-electron chi connectivity index (χ3n) is 4.94. The number of carbonyl (C=O) groups is 1. The van der Waals surface area contributed by atoms with Gasteiger partial charge >= 0.3 is 0 Å². The Labute approximate surface area is 171 Å². The molecule has 0 unspecified atom stereocenters. The number of anilines is 1. The van der Waals surface area contributed by atoms with Gasteiger partial charge in [-0.2, -0.15) is 0 Å². The Hall–Kier alpha value is -1.99. The molecule has 0 radical (unpaired) electrons. The van der Waals surface area contributed by atoms with Gasteiger partial charge in [0.2, 0.25) is 15.9 Å². The van der Waals surface area contributed by atoms with Gasteiger partial charge in [-0.25, -0.2) is 8.42 Å². The number of fused-ring (bicyclic) bond motifs is 1. The minimum absolute atomic E-state index is 0.0859. The average molecular weight is 419 g/mol. The van der Waals surface area contributed by atoms with Gasteiger partial charge in [-0.1, -0.05) is 24.3 Å². The van der Waals surface area contributed by atoms with Crippen LogP contribution in [-0.4, -0.2) is 38.9 Å². The van der Waals surface area contributed by atoms with Crippen LogP contribution in [0.25, 0.3) is 0 Å². The molecule has 1 heterocycles. The molecule has 0 saturated heterocycles. The molecule has 1 aliphatic heterocycles. The number of benzene rings is 2. The van der Waals surface area contributed by atoms with E-state index in [0.29, 0.717) is 18.7 Å². The Balaban J connectivity index is 1.42. The Morgan fingerprint density at radius 1 is 1.14 bits per heavy atom. The van der Waals surface area contributed by atoms with E-state index in [-0.39, 0.29) is 18.2 Å². The van der Waals surface area contributed by atoms with Crippen LogP contribution in [0.3, 0.4) is 0 Å². The highest BCUT2D eigenvalue weighted by molar-refractivity contribution is 7.99. The molecule has 1 N–H and O–H groups in total. The van der Waals surface area contributed by atoms with Gasteiger partial charge in [-0.05, 0) is 55.2 Å². The van der Waals surface area contributed by atoms with Crippen molar-refractivity contribution in [3.05, 3.63) is 59.2 Å². The molecule has 0 atom stereocenters. The smallest absolute Gasteiger partial charge is 0.236 e. The quantitative estimate of drug-likeness (QED) is 0.668. The third-order valence-corrected chi connectivity index (χ3v) is 7.71. The molecule has 0 fully saturated rings. The lowest BCUT2D eigenvalue weighted by atomic mass is 10.1. The van der Waals surface area contributed by atoms with Crippen molar-refractivity contribution < 1.29 is 13.2 Å². The molecule has 0 bridgehead atoms. The van der Waals surface area contributed by atoms with E-state index in [1.165, 1.54) is 15.4 Å². The van der Waals surface area contributed by atoms with Crippen molar-refractivity contribution in [3.8, 4) is 0 Å². The lowest BCUT2D eigenvalue weighted by Crippen LogP contribution is -2.37. The zero-order chi connectivity index (χ0) is 20.1. The number of rotatable bonds is 8. The lowest BCUT2D eigenvalue weighted by Gasteiger charge is -2.19. The van der Waals surface area contributed by atoms with Crippen LogP contribution >= 0.6 is 11.8 Å². The van der Waals surface area contributed by atoms with E-state index in [2.05, 4.69) is 37.4 Å². The summed E-state index contributed by atoms with van der Waals surface area (Å²) in [6.07, 6.45) is 1.10. The first-order valence-electron chi connectivity index (χ1n) is 9.42. The van der Waals surface area contributed by atoms with Crippen LogP contribution in [0.15, 0.2) is 47.4 Å². The zero-order valence-corrected chi connectivity index (χ0v) is 17.9. The largest absolute Gasteiger partial charge is 0.355 e. The minimum Gasteiger partial charge on any atom is -0.355 e. The number of amides is 1. The number of sulfonamides is 1. The van der Waals surface area contributed by atoms with Crippen molar-refractivity contribution in [1.29, 1.82) is 0 Å². The maximum absolute atomic E-state index is 12.6. The van der Waals surface area contributed by atoms with Gasteiger partial charge in [-0.3, -0.25) is 9.10 Å². The molecule has 0 spiro atoms. The van der Waals surface area contributed by atoms with E-state index < -0.39 is 10.0 Å². The van der Waals surface area contributed by atoms with Gasteiger partial charge in [0.15, 0.2) is 0 Å². The van der Waals surface area contributed by atoms with Crippen molar-refractivity contribution in [3.63, 3.8) is 0 Å². The number of nitrogens with zero attached hydrogens (tertiary/aromatic N) is 1. The van der Waals surface area contributed by atoms with Crippen LogP contribution in [-0.2, 0) is 21.2 Å². The predicted octanol–water partition coefficient (Wildman–Crippen LogP) is 3.29. The molecular formula is C21H26N2O3S2. The van der Waals surface area contributed by atoms with Crippen molar-refractivity contribution in [2.24, 2.45) is 0 Å². The number of hydrogen-bond donors (Lipinski definition) is 1. The molecule has 5 nitrogen and oxygen atoms in total. The Morgan fingerprint density at radius 2 is 1.93 bits per heavy atom. The number of nitrogens with one attached hydrogen (secondary N) is 1. The van der Waals surface area contributed by atoms with Crippen LogP contribution in [0.2, 0.25) is 0 Å². The zero-order valence-electron chi connectivity index (χ0n) is 16.3. The minimum atomic E-state index is -3.43. The Bertz CT molecular complexity index is 958. The van der Waals surface area contributed by atoms with Crippen LogP contribution < -0.4 is 9.62 Å². The molecule has 1 aliphatic rings. The van der Waals surface area contributed by atoms with Crippen molar-refractivity contribution >= 4 is 33.4 Å². The van der Waals surface area contributed by atoms with E-state index in [0.717, 1.165) is 22.6 Å². The summed E-state index contributed by atoms with van der Waals surface area (Å²) in [4.78, 5) is 13.2. The highest BCUT2D eigenvalue weighted by atomic mass is 32.2. The highest BCUT2D eigenvalue weighted by Crippen LogP contribution is 2.29. The van der Waals surface area contributed by atoms with Gasteiger partial charge in [0.05, 0.1) is 11.4 Å². The summed E-state index contributed by atoms with van der Waals surface area (Å²) < 4.78 is 26.7. The molecule has 7 heteroatoms. The summed E-state index contributed by atoms with van der Waals surface area (Å²) in [5.41, 5.74) is 4.31. The van der Waals surface area contributed by atoms with Crippen LogP contribution in [0.5, 0.6) is 0 Å². The van der Waals surface area contributed by atoms with Crippen LogP contribution in [0.1, 0.15) is 23.1 Å². The van der Waals surface area contributed by atoms with E-state index in [4.69, 9.17) is 0 Å². The van der Waals surface area contributed by atoms with Crippen molar-refractivity contribution in [2.45, 2.75) is 31.6 Å². The van der Waals surface area contributed by atoms with Crippen LogP contribution in [0.4, 0.5) is 5.69 Å². The molecule has 28 heavy (non-hydrogen) atoms. The van der Waals surface area contributed by atoms with Gasteiger partial charge in [0, 0.05) is 30.2 Å². The summed E-state index contributed by atoms with van der Waals surface area (Å²) >= 11 is 1.64. The Morgan fingerprint density at radius 3 is 2.71 bits per heavy atom. The van der Waals surface area contributed by atoms with Crippen LogP contribution in [0, 0.1) is 13.8 Å². The number of aryl methyl sites for hydroxylation is 2. The molecule has 2 aromatic carbocycles. The fourth-order valence-corrected chi connectivity index (χ4v) is 5.56. The van der Waals surface area contributed by atoms with Gasteiger partial charge in [-0.15, -0.1) is 11.8 Å². The number of hydrogen-bond acceptors (Lipinski definition) is 4. The van der Waals surface area contributed by atoms with Gasteiger partial charge in [0.25, 0.3) is 0 Å². The van der Waals surface area contributed by atoms with Gasteiger partial charge < -0.3 is 5.32 Å². The maximum atomic E-state index is 12.6. The Kier molecular flexibility index (Phi) is 6.67. The summed E-state index contributed by atoms with van der Waals surface area (Å²) in [6.45, 7) is 4.76. The molecular weight excluding hydrogens is 392 g/mol. The standard InChI is InChI=1S/C21H26N2O3S2/c1-16-7-8-19(15-17(16)2)27-13-10-21(24)22-11-14-28(25,26)23-12-9-18-5-3-4-6-20(18)23/h3-8,15H,9-14H2,1-2H3,(H,22,24). The predicted molar refractivity (Wildman–Crippen MR) is 116 cm³/mol. The lowest BCUT2D eigenvalue weighted by molar-refractivity contribution is -0.120. The summed E-state index contributed by atoms with van der Waals surface area (Å²) in [5, 5.41) is 2.73. The fraction of sp³-hybridized carbons (Fsp3) is 0.381. The SMILES string of the molecule is Cc1ccc(SCCC(=O)NCCS(=O)(=O)N2CCc3ccccc32)cc1C. The fourth-order valence-electron chi connectivity index (χ4n) is 3.18. The first kappa shape index (κ1) is 20.7. The maximum Gasteiger partial charge on any atom is 0.236 e. The third kappa shape index (κ3) is 5.08. The van der Waals surface area contributed by atoms with Crippen molar-refractivity contribution in [1.82, 2.24) is 5.32 Å². The van der Waals surface area contributed by atoms with Crippen molar-refractivity contribution in [2.75, 3.05) is 28.9 Å². The summed E-state index contributed by atoms with van der Waals surface area (Å²) in [5.74, 6) is 0.464. The first-order valence-corrected chi connectivity index (χ1v) is 12.0.